The molecule has 25 heavy (non-hydrogen) atoms. The van der Waals surface area contributed by atoms with Crippen LogP contribution in [-0.4, -0.2) is 27.3 Å². The third-order valence-corrected chi connectivity index (χ3v) is 5.71. The molecule has 6 nitrogen and oxygen atoms in total. The Kier molecular flexibility index (Phi) is 4.68. The third-order valence-electron chi connectivity index (χ3n) is 5.71. The zero-order valence-corrected chi connectivity index (χ0v) is 14.4. The van der Waals surface area contributed by atoms with Gasteiger partial charge in [0.15, 0.2) is 5.82 Å². The summed E-state index contributed by atoms with van der Waals surface area (Å²) in [5.74, 6) is 3.45. The van der Waals surface area contributed by atoms with E-state index in [0.29, 0.717) is 6.54 Å². The van der Waals surface area contributed by atoms with E-state index in [9.17, 15) is 4.79 Å². The summed E-state index contributed by atoms with van der Waals surface area (Å²) in [5.41, 5.74) is 0.939. The number of hydrogen-bond acceptors (Lipinski definition) is 3. The number of pyridine rings is 1. The van der Waals surface area contributed by atoms with Gasteiger partial charge < -0.3 is 10.6 Å². The van der Waals surface area contributed by atoms with Crippen molar-refractivity contribution in [3.8, 4) is 5.82 Å². The van der Waals surface area contributed by atoms with E-state index >= 15 is 0 Å². The Morgan fingerprint density at radius 3 is 2.92 bits per heavy atom. The van der Waals surface area contributed by atoms with Crippen LogP contribution in [0, 0.1) is 17.8 Å². The number of nitrogens with one attached hydrogen (secondary N) is 2. The van der Waals surface area contributed by atoms with Crippen molar-refractivity contribution in [2.45, 2.75) is 38.6 Å². The van der Waals surface area contributed by atoms with Crippen LogP contribution in [0.2, 0.25) is 0 Å². The Morgan fingerprint density at radius 2 is 2.16 bits per heavy atom. The molecule has 0 aromatic carbocycles. The van der Waals surface area contributed by atoms with Gasteiger partial charge >= 0.3 is 6.03 Å². The Morgan fingerprint density at radius 1 is 1.20 bits per heavy atom. The Balaban J connectivity index is 1.24. The maximum atomic E-state index is 12.1. The first kappa shape index (κ1) is 16.1. The van der Waals surface area contributed by atoms with E-state index in [-0.39, 0.29) is 6.03 Å². The van der Waals surface area contributed by atoms with Gasteiger partial charge in [-0.2, -0.15) is 5.10 Å². The molecule has 2 N–H and O–H groups in total. The van der Waals surface area contributed by atoms with Crippen LogP contribution in [0.5, 0.6) is 0 Å². The number of amides is 2. The van der Waals surface area contributed by atoms with Gasteiger partial charge in [-0.3, -0.25) is 0 Å². The summed E-state index contributed by atoms with van der Waals surface area (Å²) in [6.45, 7) is 1.20. The van der Waals surface area contributed by atoms with Gasteiger partial charge in [0, 0.05) is 37.2 Å². The fourth-order valence-electron chi connectivity index (χ4n) is 4.51. The first-order chi connectivity index (χ1) is 12.3. The van der Waals surface area contributed by atoms with E-state index < -0.39 is 0 Å². The Bertz CT molecular complexity index is 714. The number of fused-ring (bicyclic) bond motifs is 2. The molecule has 4 rings (SSSR count). The summed E-state index contributed by atoms with van der Waals surface area (Å²) in [5, 5.41) is 10.1. The van der Waals surface area contributed by atoms with E-state index in [1.54, 1.807) is 17.1 Å². The average molecular weight is 339 g/mol. The van der Waals surface area contributed by atoms with Crippen molar-refractivity contribution in [1.82, 2.24) is 25.4 Å². The van der Waals surface area contributed by atoms with Crippen molar-refractivity contribution < 1.29 is 4.79 Å². The lowest BCUT2D eigenvalue weighted by Crippen LogP contribution is -2.36. The number of hydrogen-bond donors (Lipinski definition) is 2. The summed E-state index contributed by atoms with van der Waals surface area (Å²) < 4.78 is 1.71. The van der Waals surface area contributed by atoms with E-state index in [1.807, 2.05) is 24.4 Å². The third kappa shape index (κ3) is 3.67. The van der Waals surface area contributed by atoms with Crippen LogP contribution >= 0.6 is 0 Å². The maximum absolute atomic E-state index is 12.1. The van der Waals surface area contributed by atoms with Crippen LogP contribution in [-0.2, 0) is 6.54 Å². The minimum atomic E-state index is -0.113. The van der Waals surface area contributed by atoms with Crippen molar-refractivity contribution in [2.24, 2.45) is 17.8 Å². The van der Waals surface area contributed by atoms with Gasteiger partial charge in [-0.05, 0) is 55.6 Å². The standard InChI is InChI=1S/C19H25N5O/c25-19(21-9-6-16-12-14-4-5-15(16)11-14)22-13-17-3-1-7-20-18(17)24-10-2-8-23-24/h1-3,7-8,10,14-16H,4-6,9,11-13H2,(H2,21,22,25)/t14-,15-,16+/m0/s1. The normalized spacial score (nSPS) is 24.4. The molecule has 0 aliphatic heterocycles. The van der Waals surface area contributed by atoms with Crippen LogP contribution in [0.1, 0.15) is 37.7 Å². The maximum Gasteiger partial charge on any atom is 0.315 e. The summed E-state index contributed by atoms with van der Waals surface area (Å²) in [7, 11) is 0. The summed E-state index contributed by atoms with van der Waals surface area (Å²) in [6.07, 6.45) is 12.0. The molecule has 0 radical (unpaired) electrons. The molecule has 2 aromatic heterocycles. The average Bonchev–Trinajstić information content (AvgIpc) is 3.38. The van der Waals surface area contributed by atoms with Crippen molar-refractivity contribution in [2.75, 3.05) is 6.54 Å². The van der Waals surface area contributed by atoms with E-state index in [1.165, 1.54) is 25.7 Å². The fraction of sp³-hybridized carbons (Fsp3) is 0.526. The molecule has 2 saturated carbocycles. The molecule has 3 atom stereocenters. The molecule has 2 bridgehead atoms. The molecule has 2 aliphatic rings. The van der Waals surface area contributed by atoms with Crippen LogP contribution in [0.15, 0.2) is 36.8 Å². The molecule has 2 heterocycles. The molecule has 2 fully saturated rings. The van der Waals surface area contributed by atoms with Crippen molar-refractivity contribution in [3.63, 3.8) is 0 Å². The van der Waals surface area contributed by atoms with Gasteiger partial charge in [-0.15, -0.1) is 0 Å². The minimum absolute atomic E-state index is 0.113. The van der Waals surface area contributed by atoms with Gasteiger partial charge in [-0.1, -0.05) is 12.5 Å². The fourth-order valence-corrected chi connectivity index (χ4v) is 4.51. The highest BCUT2D eigenvalue weighted by Crippen LogP contribution is 2.49. The molecule has 0 unspecified atom stereocenters. The van der Waals surface area contributed by atoms with Gasteiger partial charge in [0.1, 0.15) is 0 Å². The first-order valence-electron chi connectivity index (χ1n) is 9.25. The molecule has 0 saturated heterocycles. The first-order valence-corrected chi connectivity index (χ1v) is 9.25. The summed E-state index contributed by atoms with van der Waals surface area (Å²) >= 11 is 0. The topological polar surface area (TPSA) is 71.8 Å². The molecule has 2 amide bonds. The highest BCUT2D eigenvalue weighted by molar-refractivity contribution is 5.73. The van der Waals surface area contributed by atoms with Crippen LogP contribution < -0.4 is 10.6 Å². The van der Waals surface area contributed by atoms with Gasteiger partial charge in [0.25, 0.3) is 0 Å². The number of carbonyl (C=O) groups excluding carboxylic acids is 1. The molecular weight excluding hydrogens is 314 g/mol. The van der Waals surface area contributed by atoms with Crippen molar-refractivity contribution in [1.29, 1.82) is 0 Å². The Labute approximate surface area is 148 Å². The summed E-state index contributed by atoms with van der Waals surface area (Å²) in [4.78, 5) is 16.4. The second-order valence-corrected chi connectivity index (χ2v) is 7.27. The zero-order chi connectivity index (χ0) is 17.1. The predicted octanol–water partition coefficient (Wildman–Crippen LogP) is 2.89. The van der Waals surface area contributed by atoms with Gasteiger partial charge in [-0.25, -0.2) is 14.5 Å². The van der Waals surface area contributed by atoms with Crippen molar-refractivity contribution >= 4 is 6.03 Å². The predicted molar refractivity (Wildman–Crippen MR) is 95.2 cm³/mol. The quantitative estimate of drug-likeness (QED) is 0.850. The summed E-state index contributed by atoms with van der Waals surface area (Å²) in [6, 6.07) is 5.57. The number of aromatic nitrogens is 3. The molecule has 0 spiro atoms. The Hall–Kier alpha value is -2.37. The van der Waals surface area contributed by atoms with Crippen LogP contribution in [0.4, 0.5) is 4.79 Å². The number of carbonyl (C=O) groups is 1. The second-order valence-electron chi connectivity index (χ2n) is 7.27. The second kappa shape index (κ2) is 7.25. The lowest BCUT2D eigenvalue weighted by molar-refractivity contribution is 0.237. The molecular formula is C19H25N5O. The van der Waals surface area contributed by atoms with E-state index in [2.05, 4.69) is 20.7 Å². The minimum Gasteiger partial charge on any atom is -0.338 e. The van der Waals surface area contributed by atoms with Crippen LogP contribution in [0.3, 0.4) is 0 Å². The molecule has 6 heteroatoms. The van der Waals surface area contributed by atoms with Crippen molar-refractivity contribution in [3.05, 3.63) is 42.4 Å². The van der Waals surface area contributed by atoms with Gasteiger partial charge in [0.05, 0.1) is 0 Å². The van der Waals surface area contributed by atoms with E-state index in [4.69, 9.17) is 0 Å². The van der Waals surface area contributed by atoms with Crippen LogP contribution in [0.25, 0.3) is 5.82 Å². The smallest absolute Gasteiger partial charge is 0.315 e. The van der Waals surface area contributed by atoms with Gasteiger partial charge in [0.2, 0.25) is 0 Å². The lowest BCUT2D eigenvalue weighted by atomic mass is 9.86. The molecule has 132 valence electrons. The number of urea groups is 1. The lowest BCUT2D eigenvalue weighted by Gasteiger charge is -2.21. The highest BCUT2D eigenvalue weighted by Gasteiger charge is 2.38. The molecule has 2 aromatic rings. The van der Waals surface area contributed by atoms with E-state index in [0.717, 1.165) is 42.1 Å². The highest BCUT2D eigenvalue weighted by atomic mass is 16.2. The number of rotatable bonds is 6. The SMILES string of the molecule is O=C(NCC[C@@H]1C[C@H]2CC[C@H]1C2)NCc1cccnc1-n1cccn1. The monoisotopic (exact) mass is 339 g/mol. The molecule has 2 aliphatic carbocycles. The largest absolute Gasteiger partial charge is 0.338 e. The zero-order valence-electron chi connectivity index (χ0n) is 14.4. The number of nitrogens with zero attached hydrogens (tertiary/aromatic N) is 3.